The van der Waals surface area contributed by atoms with E-state index in [2.05, 4.69) is 31.8 Å². The normalized spacial score (nSPS) is 8.62. The van der Waals surface area contributed by atoms with Crippen molar-refractivity contribution in [3.8, 4) is 0 Å². The number of unbranched alkanes of at least 4 members (excludes halogenated alkanes) is 1. The summed E-state index contributed by atoms with van der Waals surface area (Å²) in [4.78, 5) is 0. The second-order valence-electron chi connectivity index (χ2n) is 1.45. The molecule has 0 spiro atoms. The lowest BCUT2D eigenvalue weighted by Gasteiger charge is -1.97. The summed E-state index contributed by atoms with van der Waals surface area (Å²) < 4.78 is 5.06. The van der Waals surface area contributed by atoms with E-state index >= 15 is 0 Å². The molecular formula is C5H9OS2. The second kappa shape index (κ2) is 5.25. The van der Waals surface area contributed by atoms with E-state index in [0.717, 1.165) is 12.8 Å². The minimum atomic E-state index is 0.235. The summed E-state index contributed by atoms with van der Waals surface area (Å²) in [5.41, 5.74) is 0. The van der Waals surface area contributed by atoms with Crippen LogP contribution in [0.2, 0.25) is 0 Å². The lowest BCUT2D eigenvalue weighted by Crippen LogP contribution is -1.94. The Bertz CT molecular complexity index is 72.8. The van der Waals surface area contributed by atoms with Crippen molar-refractivity contribution in [3.63, 3.8) is 0 Å². The Morgan fingerprint density at radius 1 is 1.62 bits per heavy atom. The molecule has 0 aliphatic heterocycles. The van der Waals surface area contributed by atoms with Crippen LogP contribution in [0.3, 0.4) is 0 Å². The summed E-state index contributed by atoms with van der Waals surface area (Å²) in [6.07, 6.45) is 2.16. The first-order valence-electron chi connectivity index (χ1n) is 2.61. The molecule has 0 rings (SSSR count). The first-order chi connectivity index (χ1) is 3.77. The molecule has 0 saturated heterocycles. The minimum Gasteiger partial charge on any atom is -0.475 e. The van der Waals surface area contributed by atoms with Gasteiger partial charge in [-0.25, -0.2) is 0 Å². The van der Waals surface area contributed by atoms with Crippen molar-refractivity contribution >= 4 is 29.2 Å². The molecule has 47 valence electrons. The van der Waals surface area contributed by atoms with Crippen molar-refractivity contribution in [3.05, 3.63) is 0 Å². The molecule has 1 nitrogen and oxygen atoms in total. The Morgan fingerprint density at radius 3 is 2.62 bits per heavy atom. The Hall–Kier alpha value is 0.110. The van der Waals surface area contributed by atoms with Gasteiger partial charge in [0.15, 0.2) is 0 Å². The Kier molecular flexibility index (Phi) is 5.32. The van der Waals surface area contributed by atoms with Crippen LogP contribution in [0.4, 0.5) is 0 Å². The first kappa shape index (κ1) is 8.11. The van der Waals surface area contributed by atoms with E-state index in [4.69, 9.17) is 4.74 Å². The zero-order chi connectivity index (χ0) is 6.41. The van der Waals surface area contributed by atoms with Gasteiger partial charge < -0.3 is 4.74 Å². The monoisotopic (exact) mass is 149 g/mol. The van der Waals surface area contributed by atoms with Crippen LogP contribution in [-0.2, 0) is 4.74 Å². The summed E-state index contributed by atoms with van der Waals surface area (Å²) in [6, 6.07) is 0. The Labute approximate surface area is 60.8 Å². The smallest absolute Gasteiger partial charge is 0.252 e. The molecule has 0 N–H and O–H groups in total. The van der Waals surface area contributed by atoms with Gasteiger partial charge in [-0.3, -0.25) is 0 Å². The summed E-state index contributed by atoms with van der Waals surface area (Å²) >= 11 is 9.00. The third-order valence-corrected chi connectivity index (χ3v) is 0.954. The van der Waals surface area contributed by atoms with E-state index in [1.54, 1.807) is 0 Å². The fraction of sp³-hybridized carbons (Fsp3) is 0.800. The molecule has 0 saturated carbocycles. The zero-order valence-corrected chi connectivity index (χ0v) is 6.48. The van der Waals surface area contributed by atoms with E-state index < -0.39 is 0 Å². The molecule has 0 unspecified atom stereocenters. The highest BCUT2D eigenvalue weighted by molar-refractivity contribution is 8.10. The quantitative estimate of drug-likeness (QED) is 0.450. The van der Waals surface area contributed by atoms with Gasteiger partial charge in [0.1, 0.15) is 0 Å². The van der Waals surface area contributed by atoms with Crippen LogP contribution in [0.25, 0.3) is 0 Å². The summed E-state index contributed by atoms with van der Waals surface area (Å²) in [7, 11) is 0. The summed E-state index contributed by atoms with van der Waals surface area (Å²) in [5, 5.41) is 0. The van der Waals surface area contributed by atoms with Crippen molar-refractivity contribution in [2.24, 2.45) is 0 Å². The molecule has 0 aliphatic rings. The molecule has 0 fully saturated rings. The lowest BCUT2D eigenvalue weighted by atomic mass is 10.4. The average molecular weight is 149 g/mol. The highest BCUT2D eigenvalue weighted by Crippen LogP contribution is 1.91. The van der Waals surface area contributed by atoms with Crippen molar-refractivity contribution in [1.82, 2.24) is 0 Å². The molecule has 0 aliphatic carbocycles. The first-order valence-corrected chi connectivity index (χ1v) is 3.42. The van der Waals surface area contributed by atoms with Gasteiger partial charge in [0, 0.05) is 0 Å². The highest BCUT2D eigenvalue weighted by Gasteiger charge is 1.86. The molecule has 3 heteroatoms. The molecular weight excluding hydrogens is 140 g/mol. The molecule has 0 aromatic heterocycles. The maximum atomic E-state index is 4.83. The fourth-order valence-corrected chi connectivity index (χ4v) is 0.467. The maximum Gasteiger partial charge on any atom is 0.252 e. The number of hydrogen-bond acceptors (Lipinski definition) is 2. The average Bonchev–Trinajstić information content (AvgIpc) is 1.66. The van der Waals surface area contributed by atoms with Crippen molar-refractivity contribution in [1.29, 1.82) is 0 Å². The minimum absolute atomic E-state index is 0.235. The molecule has 0 aromatic carbocycles. The molecule has 0 aromatic rings. The number of hydrogen-bond donors (Lipinski definition) is 0. The summed E-state index contributed by atoms with van der Waals surface area (Å²) in [5.74, 6) is 0. The van der Waals surface area contributed by atoms with Gasteiger partial charge in [0.2, 0.25) is 0 Å². The number of rotatable bonds is 3. The van der Waals surface area contributed by atoms with Crippen molar-refractivity contribution in [2.75, 3.05) is 6.61 Å². The lowest BCUT2D eigenvalue weighted by molar-refractivity contribution is 0.313. The van der Waals surface area contributed by atoms with Crippen molar-refractivity contribution < 1.29 is 4.74 Å². The molecule has 0 bridgehead atoms. The predicted molar refractivity (Wildman–Crippen MR) is 41.0 cm³/mol. The van der Waals surface area contributed by atoms with Gasteiger partial charge in [-0.05, 0) is 31.3 Å². The van der Waals surface area contributed by atoms with E-state index in [1.807, 2.05) is 0 Å². The highest BCUT2D eigenvalue weighted by atomic mass is 32.1. The maximum absolute atomic E-state index is 4.83. The summed E-state index contributed by atoms with van der Waals surface area (Å²) in [6.45, 7) is 2.77. The largest absolute Gasteiger partial charge is 0.475 e. The van der Waals surface area contributed by atoms with Crippen LogP contribution in [0, 0.1) is 0 Å². The van der Waals surface area contributed by atoms with Crippen LogP contribution < -0.4 is 0 Å². The molecule has 8 heavy (non-hydrogen) atoms. The second-order valence-corrected chi connectivity index (χ2v) is 2.45. The Balaban J connectivity index is 2.82. The number of ether oxygens (including phenoxy) is 1. The molecule has 1 radical (unpaired) electrons. The molecule has 0 atom stereocenters. The topological polar surface area (TPSA) is 9.23 Å². The third-order valence-electron chi connectivity index (χ3n) is 0.718. The third kappa shape index (κ3) is 6.11. The van der Waals surface area contributed by atoms with E-state index in [1.165, 1.54) is 0 Å². The van der Waals surface area contributed by atoms with Crippen LogP contribution in [0.5, 0.6) is 0 Å². The van der Waals surface area contributed by atoms with Gasteiger partial charge >= 0.3 is 0 Å². The van der Waals surface area contributed by atoms with Crippen molar-refractivity contribution in [2.45, 2.75) is 19.8 Å². The van der Waals surface area contributed by atoms with Crippen LogP contribution in [0.1, 0.15) is 19.8 Å². The van der Waals surface area contributed by atoms with Gasteiger partial charge in [-0.15, -0.1) is 0 Å². The molecule has 0 heterocycles. The standard InChI is InChI=1S/C5H9OS2/c1-2-3-4-6-5(7)8/h2-4H2,1H3. The van der Waals surface area contributed by atoms with Crippen LogP contribution in [-0.4, -0.2) is 11.0 Å². The predicted octanol–water partition coefficient (Wildman–Crippen LogP) is 2.29. The van der Waals surface area contributed by atoms with E-state index in [-0.39, 0.29) is 4.38 Å². The van der Waals surface area contributed by atoms with E-state index in [9.17, 15) is 0 Å². The fourth-order valence-electron chi connectivity index (χ4n) is 0.300. The Morgan fingerprint density at radius 2 is 2.25 bits per heavy atom. The van der Waals surface area contributed by atoms with Gasteiger partial charge in [-0.2, -0.15) is 0 Å². The SMILES string of the molecule is CCCCOC([S])=S. The van der Waals surface area contributed by atoms with Gasteiger partial charge in [-0.1, -0.05) is 13.3 Å². The van der Waals surface area contributed by atoms with Crippen LogP contribution in [0.15, 0.2) is 0 Å². The zero-order valence-electron chi connectivity index (χ0n) is 4.85. The number of thiocarbonyl (C=S) groups is 1. The van der Waals surface area contributed by atoms with Gasteiger partial charge in [0.05, 0.1) is 6.61 Å². The van der Waals surface area contributed by atoms with Gasteiger partial charge in [0.25, 0.3) is 4.38 Å². The molecule has 0 amide bonds. The van der Waals surface area contributed by atoms with Crippen LogP contribution >= 0.6 is 24.8 Å². The van der Waals surface area contributed by atoms with E-state index in [0.29, 0.717) is 6.61 Å².